The molecule has 9 heteroatoms. The van der Waals surface area contributed by atoms with Crippen LogP contribution in [0.15, 0.2) is 53.4 Å². The van der Waals surface area contributed by atoms with E-state index in [4.69, 9.17) is 4.74 Å². The molecule has 0 spiro atoms. The molecule has 180 valence electrons. The second-order valence-electron chi connectivity index (χ2n) is 8.47. The first-order chi connectivity index (χ1) is 16.3. The summed E-state index contributed by atoms with van der Waals surface area (Å²) in [7, 11) is -3.70. The Hall–Kier alpha value is -3.01. The molecule has 0 aliphatic carbocycles. The minimum Gasteiger partial charge on any atom is -0.379 e. The number of rotatable bonds is 7. The lowest BCUT2D eigenvalue weighted by molar-refractivity contribution is 0.0730. The zero-order chi connectivity index (χ0) is 24.3. The van der Waals surface area contributed by atoms with Crippen molar-refractivity contribution in [3.05, 3.63) is 82.2 Å². The van der Waals surface area contributed by atoms with E-state index in [2.05, 4.69) is 22.5 Å². The molecule has 0 saturated carbocycles. The van der Waals surface area contributed by atoms with Crippen LogP contribution >= 0.6 is 0 Å². The summed E-state index contributed by atoms with van der Waals surface area (Å²) < 4.78 is 34.9. The molecule has 1 fully saturated rings. The molecule has 1 N–H and O–H groups in total. The van der Waals surface area contributed by atoms with Crippen molar-refractivity contribution in [1.82, 2.24) is 19.4 Å². The number of nitrogens with one attached hydrogen (secondary N) is 1. The van der Waals surface area contributed by atoms with Gasteiger partial charge in [-0.25, -0.2) is 8.42 Å². The van der Waals surface area contributed by atoms with E-state index in [9.17, 15) is 13.2 Å². The summed E-state index contributed by atoms with van der Waals surface area (Å²) in [5.41, 5.74) is 4.87. The van der Waals surface area contributed by atoms with Crippen LogP contribution < -0.4 is 5.32 Å². The summed E-state index contributed by atoms with van der Waals surface area (Å²) in [6.45, 7) is 7.98. The van der Waals surface area contributed by atoms with Crippen molar-refractivity contribution in [3.8, 4) is 0 Å². The fraction of sp³-hybridized carbons (Fsp3) is 0.360. The molecular weight excluding hydrogens is 452 g/mol. The third kappa shape index (κ3) is 5.06. The van der Waals surface area contributed by atoms with Crippen LogP contribution in [0.1, 0.15) is 38.4 Å². The molecule has 1 saturated heterocycles. The zero-order valence-corrected chi connectivity index (χ0v) is 20.6. The standard InChI is InChI=1S/C25H30N4O4S/c1-18-9-10-22(15-24(18)34(31,32)28-11-13-33-14-12-28)25(30)26-16-23-19(2)27-29(20(23)3)17-21-7-5-4-6-8-21/h4-10,15H,11-14,16-17H2,1-3H3,(H,26,30). The molecule has 0 radical (unpaired) electrons. The Kier molecular flexibility index (Phi) is 7.16. The molecule has 34 heavy (non-hydrogen) atoms. The fourth-order valence-corrected chi connectivity index (χ4v) is 5.77. The average Bonchev–Trinajstić information content (AvgIpc) is 3.10. The first-order valence-electron chi connectivity index (χ1n) is 11.3. The van der Waals surface area contributed by atoms with E-state index in [1.54, 1.807) is 19.1 Å². The Morgan fingerprint density at radius 1 is 1.06 bits per heavy atom. The van der Waals surface area contributed by atoms with Crippen molar-refractivity contribution in [2.24, 2.45) is 0 Å². The van der Waals surface area contributed by atoms with Gasteiger partial charge >= 0.3 is 0 Å². The number of sulfonamides is 1. The van der Waals surface area contributed by atoms with Crippen molar-refractivity contribution in [2.45, 2.75) is 38.8 Å². The first-order valence-corrected chi connectivity index (χ1v) is 12.7. The Balaban J connectivity index is 1.49. The molecule has 2 aromatic carbocycles. The van der Waals surface area contributed by atoms with Gasteiger partial charge in [0.15, 0.2) is 0 Å². The van der Waals surface area contributed by atoms with Crippen LogP contribution in [0.25, 0.3) is 0 Å². The van der Waals surface area contributed by atoms with Gasteiger partial charge in [-0.1, -0.05) is 36.4 Å². The third-order valence-corrected chi connectivity index (χ3v) is 8.21. The Bertz CT molecular complexity index is 1280. The number of aromatic nitrogens is 2. The summed E-state index contributed by atoms with van der Waals surface area (Å²) in [6.07, 6.45) is 0. The highest BCUT2D eigenvalue weighted by atomic mass is 32.2. The summed E-state index contributed by atoms with van der Waals surface area (Å²) in [6, 6.07) is 14.9. The lowest BCUT2D eigenvalue weighted by Gasteiger charge is -2.26. The maximum atomic E-state index is 13.1. The Morgan fingerprint density at radius 3 is 2.47 bits per heavy atom. The first kappa shape index (κ1) is 24.1. The average molecular weight is 483 g/mol. The van der Waals surface area contributed by atoms with Crippen molar-refractivity contribution < 1.29 is 17.9 Å². The van der Waals surface area contributed by atoms with E-state index >= 15 is 0 Å². The van der Waals surface area contributed by atoms with Crippen molar-refractivity contribution >= 4 is 15.9 Å². The number of hydrogen-bond donors (Lipinski definition) is 1. The minimum atomic E-state index is -3.70. The van der Waals surface area contributed by atoms with Gasteiger partial charge in [-0.2, -0.15) is 9.40 Å². The summed E-state index contributed by atoms with van der Waals surface area (Å²) in [5, 5.41) is 7.57. The van der Waals surface area contributed by atoms with Gasteiger partial charge < -0.3 is 10.1 Å². The highest BCUT2D eigenvalue weighted by Crippen LogP contribution is 2.23. The van der Waals surface area contributed by atoms with Crippen molar-refractivity contribution in [1.29, 1.82) is 0 Å². The van der Waals surface area contributed by atoms with Crippen LogP contribution in [0.3, 0.4) is 0 Å². The molecule has 8 nitrogen and oxygen atoms in total. The maximum absolute atomic E-state index is 13.1. The molecule has 0 atom stereocenters. The number of benzene rings is 2. The molecule has 3 aromatic rings. The number of nitrogens with zero attached hydrogens (tertiary/aromatic N) is 3. The van der Waals surface area contributed by atoms with Gasteiger partial charge in [0, 0.05) is 36.5 Å². The van der Waals surface area contributed by atoms with E-state index in [0.717, 1.165) is 22.5 Å². The lowest BCUT2D eigenvalue weighted by Crippen LogP contribution is -2.41. The molecule has 4 rings (SSSR count). The van der Waals surface area contributed by atoms with Gasteiger partial charge in [-0.05, 0) is 44.0 Å². The predicted octanol–water partition coefficient (Wildman–Crippen LogP) is 2.81. The van der Waals surface area contributed by atoms with Gasteiger partial charge in [0.25, 0.3) is 5.91 Å². The number of ether oxygens (including phenoxy) is 1. The number of hydrogen-bond acceptors (Lipinski definition) is 5. The smallest absolute Gasteiger partial charge is 0.251 e. The third-order valence-electron chi connectivity index (χ3n) is 6.17. The van der Waals surface area contributed by atoms with Gasteiger partial charge in [-0.3, -0.25) is 9.48 Å². The van der Waals surface area contributed by atoms with E-state index in [1.165, 1.54) is 10.4 Å². The molecule has 1 amide bonds. The van der Waals surface area contributed by atoms with Gasteiger partial charge in [0.1, 0.15) is 0 Å². The molecule has 0 unspecified atom stereocenters. The molecule has 2 heterocycles. The normalized spacial score (nSPS) is 14.8. The predicted molar refractivity (Wildman–Crippen MR) is 129 cm³/mol. The van der Waals surface area contributed by atoms with Crippen molar-refractivity contribution in [2.75, 3.05) is 26.3 Å². The highest BCUT2D eigenvalue weighted by molar-refractivity contribution is 7.89. The monoisotopic (exact) mass is 482 g/mol. The van der Waals surface area contributed by atoms with Crippen LogP contribution in [0.2, 0.25) is 0 Å². The number of carbonyl (C=O) groups excluding carboxylic acids is 1. The SMILES string of the molecule is Cc1ccc(C(=O)NCc2c(C)nn(Cc3ccccc3)c2C)cc1S(=O)(=O)N1CCOCC1. The Morgan fingerprint density at radius 2 is 1.76 bits per heavy atom. The lowest BCUT2D eigenvalue weighted by atomic mass is 10.1. The largest absolute Gasteiger partial charge is 0.379 e. The summed E-state index contributed by atoms with van der Waals surface area (Å²) in [5.74, 6) is -0.326. The number of carbonyl (C=O) groups is 1. The molecular formula is C25H30N4O4S. The second kappa shape index (κ2) is 10.1. The second-order valence-corrected chi connectivity index (χ2v) is 10.4. The maximum Gasteiger partial charge on any atom is 0.251 e. The quantitative estimate of drug-likeness (QED) is 0.559. The molecule has 0 bridgehead atoms. The molecule has 1 aromatic heterocycles. The van der Waals surface area contributed by atoms with Crippen LogP contribution in [0.5, 0.6) is 0 Å². The van der Waals surface area contributed by atoms with Gasteiger partial charge in [-0.15, -0.1) is 0 Å². The van der Waals surface area contributed by atoms with E-state index < -0.39 is 10.0 Å². The molecule has 1 aliphatic rings. The van der Waals surface area contributed by atoms with Crippen LogP contribution in [0, 0.1) is 20.8 Å². The topological polar surface area (TPSA) is 93.5 Å². The number of morpholine rings is 1. The van der Waals surface area contributed by atoms with Gasteiger partial charge in [0.05, 0.1) is 30.3 Å². The number of amides is 1. The zero-order valence-electron chi connectivity index (χ0n) is 19.7. The summed E-state index contributed by atoms with van der Waals surface area (Å²) >= 11 is 0. The van der Waals surface area contributed by atoms with Crippen LogP contribution in [-0.2, 0) is 27.8 Å². The summed E-state index contributed by atoms with van der Waals surface area (Å²) in [4.78, 5) is 13.1. The van der Waals surface area contributed by atoms with Crippen LogP contribution in [0.4, 0.5) is 0 Å². The highest BCUT2D eigenvalue weighted by Gasteiger charge is 2.28. The number of aryl methyl sites for hydroxylation is 2. The minimum absolute atomic E-state index is 0.157. The van der Waals surface area contributed by atoms with E-state index in [0.29, 0.717) is 50.5 Å². The van der Waals surface area contributed by atoms with Gasteiger partial charge in [0.2, 0.25) is 10.0 Å². The Labute approximate surface area is 200 Å². The van der Waals surface area contributed by atoms with Crippen LogP contribution in [-0.4, -0.2) is 54.7 Å². The fourth-order valence-electron chi connectivity index (χ4n) is 4.12. The molecule has 1 aliphatic heterocycles. The van der Waals surface area contributed by atoms with E-state index in [-0.39, 0.29) is 10.8 Å². The van der Waals surface area contributed by atoms with Crippen molar-refractivity contribution in [3.63, 3.8) is 0 Å². The van der Waals surface area contributed by atoms with E-state index in [1.807, 2.05) is 36.7 Å².